The van der Waals surface area contributed by atoms with Gasteiger partial charge in [-0.25, -0.2) is 17.5 Å². The van der Waals surface area contributed by atoms with Crippen molar-refractivity contribution >= 4 is 27.5 Å². The smallest absolute Gasteiger partial charge is 0.245 e. The lowest BCUT2D eigenvalue weighted by Gasteiger charge is -2.40. The van der Waals surface area contributed by atoms with Gasteiger partial charge in [-0.05, 0) is 31.2 Å². The molecule has 7 heteroatoms. The van der Waals surface area contributed by atoms with Crippen LogP contribution in [0.25, 0.3) is 0 Å². The molecule has 19 heavy (non-hydrogen) atoms. The molecule has 1 aromatic carbocycles. The highest BCUT2D eigenvalue weighted by Crippen LogP contribution is 2.42. The van der Waals surface area contributed by atoms with E-state index in [4.69, 9.17) is 5.73 Å². The summed E-state index contributed by atoms with van der Waals surface area (Å²) in [5.41, 5.74) is 5.49. The Morgan fingerprint density at radius 1 is 1.47 bits per heavy atom. The minimum atomic E-state index is -3.90. The van der Waals surface area contributed by atoms with E-state index in [-0.39, 0.29) is 10.4 Å². The molecule has 3 N–H and O–H groups in total. The maximum atomic E-state index is 13.6. The van der Waals surface area contributed by atoms with Crippen LogP contribution in [0.15, 0.2) is 23.1 Å². The Morgan fingerprint density at radius 2 is 2.16 bits per heavy atom. The van der Waals surface area contributed by atoms with Gasteiger partial charge in [0, 0.05) is 11.3 Å². The van der Waals surface area contributed by atoms with Crippen LogP contribution in [0.4, 0.5) is 10.1 Å². The first-order valence-electron chi connectivity index (χ1n) is 5.99. The molecule has 0 aliphatic heterocycles. The molecule has 1 fully saturated rings. The standard InChI is InChI=1S/C12H17FN2O2S2/c1-18-12(6-3-7-12)8-15-19(16,17)11-9(13)4-2-5-10(11)14/h2,4-5,15H,3,6-8,14H2,1H3. The van der Waals surface area contributed by atoms with Crippen LogP contribution in [0.2, 0.25) is 0 Å². The zero-order chi connectivity index (χ0) is 14.1. The van der Waals surface area contributed by atoms with Crippen molar-refractivity contribution in [2.45, 2.75) is 28.9 Å². The predicted octanol–water partition coefficient (Wildman–Crippen LogP) is 1.97. The molecule has 1 aliphatic carbocycles. The average molecular weight is 304 g/mol. The Labute approximate surface area is 117 Å². The zero-order valence-corrected chi connectivity index (χ0v) is 12.3. The van der Waals surface area contributed by atoms with Crippen LogP contribution >= 0.6 is 11.8 Å². The average Bonchev–Trinajstić information content (AvgIpc) is 2.27. The molecule has 1 saturated carbocycles. The van der Waals surface area contributed by atoms with E-state index in [0.29, 0.717) is 6.54 Å². The number of nitrogen functional groups attached to an aromatic ring is 1. The lowest BCUT2D eigenvalue weighted by Crippen LogP contribution is -2.45. The summed E-state index contributed by atoms with van der Waals surface area (Å²) in [6, 6.07) is 3.86. The second kappa shape index (κ2) is 5.30. The third-order valence-corrected chi connectivity index (χ3v) is 6.46. The fourth-order valence-corrected chi connectivity index (χ4v) is 4.45. The van der Waals surface area contributed by atoms with Crippen LogP contribution in [-0.2, 0) is 10.0 Å². The fraction of sp³-hybridized carbons (Fsp3) is 0.500. The lowest BCUT2D eigenvalue weighted by molar-refractivity contribution is 0.361. The number of thioether (sulfide) groups is 1. The van der Waals surface area contributed by atoms with Crippen molar-refractivity contribution in [1.29, 1.82) is 0 Å². The van der Waals surface area contributed by atoms with Crippen LogP contribution in [0.1, 0.15) is 19.3 Å². The highest BCUT2D eigenvalue weighted by Gasteiger charge is 2.37. The van der Waals surface area contributed by atoms with Gasteiger partial charge in [0.25, 0.3) is 0 Å². The highest BCUT2D eigenvalue weighted by molar-refractivity contribution is 8.00. The van der Waals surface area contributed by atoms with E-state index < -0.39 is 20.7 Å². The monoisotopic (exact) mass is 304 g/mol. The Hall–Kier alpha value is -0.790. The number of benzene rings is 1. The molecule has 0 saturated heterocycles. The molecule has 106 valence electrons. The number of anilines is 1. The third-order valence-electron chi connectivity index (χ3n) is 3.55. The second-order valence-electron chi connectivity index (χ2n) is 4.72. The predicted molar refractivity (Wildman–Crippen MR) is 76.1 cm³/mol. The van der Waals surface area contributed by atoms with Gasteiger partial charge in [-0.1, -0.05) is 12.5 Å². The van der Waals surface area contributed by atoms with Crippen LogP contribution < -0.4 is 10.5 Å². The second-order valence-corrected chi connectivity index (χ2v) is 7.70. The summed E-state index contributed by atoms with van der Waals surface area (Å²) in [5.74, 6) is -0.820. The van der Waals surface area contributed by atoms with Crippen molar-refractivity contribution in [2.24, 2.45) is 0 Å². The Bertz CT molecular complexity index is 545. The summed E-state index contributed by atoms with van der Waals surface area (Å²) < 4.78 is 40.3. The molecule has 0 amide bonds. The van der Waals surface area contributed by atoms with E-state index in [2.05, 4.69) is 4.72 Å². The van der Waals surface area contributed by atoms with Gasteiger partial charge in [-0.15, -0.1) is 0 Å². The summed E-state index contributed by atoms with van der Waals surface area (Å²) in [6.07, 6.45) is 5.02. The topological polar surface area (TPSA) is 72.2 Å². The van der Waals surface area contributed by atoms with Gasteiger partial charge in [0.05, 0.1) is 5.69 Å². The van der Waals surface area contributed by atoms with Crippen LogP contribution in [0.5, 0.6) is 0 Å². The quantitative estimate of drug-likeness (QED) is 0.816. The van der Waals surface area contributed by atoms with Crippen molar-refractivity contribution < 1.29 is 12.8 Å². The van der Waals surface area contributed by atoms with Gasteiger partial charge in [-0.2, -0.15) is 11.8 Å². The maximum absolute atomic E-state index is 13.6. The van der Waals surface area contributed by atoms with E-state index in [0.717, 1.165) is 25.3 Å². The van der Waals surface area contributed by atoms with Crippen LogP contribution in [-0.4, -0.2) is 26.0 Å². The Balaban J connectivity index is 2.19. The molecule has 2 rings (SSSR count). The molecule has 0 spiro atoms. The molecular weight excluding hydrogens is 287 g/mol. The fourth-order valence-electron chi connectivity index (χ4n) is 2.13. The minimum Gasteiger partial charge on any atom is -0.398 e. The van der Waals surface area contributed by atoms with Crippen molar-refractivity contribution in [3.63, 3.8) is 0 Å². The van der Waals surface area contributed by atoms with Gasteiger partial charge >= 0.3 is 0 Å². The molecule has 1 aromatic rings. The number of nitrogens with one attached hydrogen (secondary N) is 1. The van der Waals surface area contributed by atoms with Crippen molar-refractivity contribution in [2.75, 3.05) is 18.5 Å². The summed E-state index contributed by atoms with van der Waals surface area (Å²) >= 11 is 1.65. The summed E-state index contributed by atoms with van der Waals surface area (Å²) in [7, 11) is -3.90. The molecular formula is C12H17FN2O2S2. The van der Waals surface area contributed by atoms with Crippen molar-refractivity contribution in [3.05, 3.63) is 24.0 Å². The number of hydrogen-bond donors (Lipinski definition) is 2. The number of hydrogen-bond acceptors (Lipinski definition) is 4. The molecule has 1 aliphatic rings. The normalized spacial score (nSPS) is 18.0. The van der Waals surface area contributed by atoms with E-state index in [1.54, 1.807) is 11.8 Å². The van der Waals surface area contributed by atoms with Crippen molar-refractivity contribution in [1.82, 2.24) is 4.72 Å². The molecule has 4 nitrogen and oxygen atoms in total. The van der Waals surface area contributed by atoms with Gasteiger partial charge in [-0.3, -0.25) is 0 Å². The molecule has 0 radical (unpaired) electrons. The van der Waals surface area contributed by atoms with E-state index in [9.17, 15) is 12.8 Å². The van der Waals surface area contributed by atoms with Gasteiger partial charge < -0.3 is 5.73 Å². The number of halogens is 1. The number of sulfonamides is 1. The third kappa shape index (κ3) is 2.88. The Kier molecular flexibility index (Phi) is 4.08. The van der Waals surface area contributed by atoms with E-state index in [1.165, 1.54) is 12.1 Å². The molecule has 0 aromatic heterocycles. The molecule has 0 unspecified atom stereocenters. The first-order chi connectivity index (χ1) is 8.90. The first-order valence-corrected chi connectivity index (χ1v) is 8.70. The molecule has 0 bridgehead atoms. The molecule has 0 heterocycles. The summed E-state index contributed by atoms with van der Waals surface area (Å²) in [6.45, 7) is 0.310. The Morgan fingerprint density at radius 3 is 2.63 bits per heavy atom. The summed E-state index contributed by atoms with van der Waals surface area (Å²) in [5, 5.41) is 0. The van der Waals surface area contributed by atoms with Crippen LogP contribution in [0, 0.1) is 5.82 Å². The van der Waals surface area contributed by atoms with E-state index in [1.807, 2.05) is 6.26 Å². The zero-order valence-electron chi connectivity index (χ0n) is 10.6. The lowest BCUT2D eigenvalue weighted by atomic mass is 9.84. The summed E-state index contributed by atoms with van der Waals surface area (Å²) in [4.78, 5) is -0.453. The van der Waals surface area contributed by atoms with Crippen molar-refractivity contribution in [3.8, 4) is 0 Å². The number of nitrogens with two attached hydrogens (primary N) is 1. The molecule has 0 atom stereocenters. The largest absolute Gasteiger partial charge is 0.398 e. The van der Waals surface area contributed by atoms with Crippen LogP contribution in [0.3, 0.4) is 0 Å². The van der Waals surface area contributed by atoms with Gasteiger partial charge in [0.2, 0.25) is 10.0 Å². The highest BCUT2D eigenvalue weighted by atomic mass is 32.2. The minimum absolute atomic E-state index is 0.0485. The van der Waals surface area contributed by atoms with Gasteiger partial charge in [0.15, 0.2) is 0 Å². The SMILES string of the molecule is CSC1(CNS(=O)(=O)c2c(N)cccc2F)CCC1. The number of rotatable bonds is 5. The van der Waals surface area contributed by atoms with Gasteiger partial charge in [0.1, 0.15) is 10.7 Å². The van der Waals surface area contributed by atoms with E-state index >= 15 is 0 Å². The first kappa shape index (κ1) is 14.6. The maximum Gasteiger partial charge on any atom is 0.245 e.